The summed E-state index contributed by atoms with van der Waals surface area (Å²) < 4.78 is 1.02. The summed E-state index contributed by atoms with van der Waals surface area (Å²) in [6.07, 6.45) is 3.24. The molecule has 3 rings (SSSR count). The second-order valence-corrected chi connectivity index (χ2v) is 8.42. The summed E-state index contributed by atoms with van der Waals surface area (Å²) in [5.74, 6) is -0.395. The van der Waals surface area contributed by atoms with E-state index in [1.165, 1.54) is 17.4 Å². The first-order chi connectivity index (χ1) is 12.1. The van der Waals surface area contributed by atoms with E-state index in [1.54, 1.807) is 47.7 Å². The first kappa shape index (κ1) is 17.6. The lowest BCUT2D eigenvalue weighted by Crippen LogP contribution is -2.11. The van der Waals surface area contributed by atoms with Crippen LogP contribution >= 0.6 is 38.6 Å². The summed E-state index contributed by atoms with van der Waals surface area (Å²) in [6, 6.07) is 14.5. The van der Waals surface area contributed by atoms with E-state index in [2.05, 4.69) is 26.6 Å². The highest BCUT2D eigenvalue weighted by Crippen LogP contribution is 2.23. The smallest absolute Gasteiger partial charge is 0.265 e. The molecule has 1 aromatic carbocycles. The van der Waals surface area contributed by atoms with Crippen molar-refractivity contribution in [3.63, 3.8) is 0 Å². The predicted octanol–water partition coefficient (Wildman–Crippen LogP) is 5.48. The first-order valence-corrected chi connectivity index (χ1v) is 9.78. The van der Waals surface area contributed by atoms with Gasteiger partial charge in [0.2, 0.25) is 5.91 Å². The van der Waals surface area contributed by atoms with Crippen LogP contribution in [0.5, 0.6) is 0 Å². The van der Waals surface area contributed by atoms with Crippen LogP contribution in [-0.4, -0.2) is 11.8 Å². The number of halogens is 1. The van der Waals surface area contributed by atoms with Gasteiger partial charge in [-0.05, 0) is 63.8 Å². The van der Waals surface area contributed by atoms with E-state index in [4.69, 9.17) is 0 Å². The van der Waals surface area contributed by atoms with Crippen molar-refractivity contribution < 1.29 is 9.59 Å². The van der Waals surface area contributed by atoms with Crippen molar-refractivity contribution >= 4 is 67.9 Å². The number of amides is 2. The van der Waals surface area contributed by atoms with Gasteiger partial charge < -0.3 is 10.6 Å². The quantitative estimate of drug-likeness (QED) is 0.524. The Balaban J connectivity index is 1.62. The van der Waals surface area contributed by atoms with E-state index in [1.807, 2.05) is 23.6 Å². The molecule has 7 heteroatoms. The van der Waals surface area contributed by atoms with Crippen molar-refractivity contribution in [3.8, 4) is 0 Å². The molecule has 0 aliphatic carbocycles. The predicted molar refractivity (Wildman–Crippen MR) is 108 cm³/mol. The Morgan fingerprint density at radius 2 is 1.80 bits per heavy atom. The zero-order valence-corrected chi connectivity index (χ0v) is 16.1. The fraction of sp³-hybridized carbons (Fsp3) is 0. The van der Waals surface area contributed by atoms with Crippen LogP contribution in [0.2, 0.25) is 0 Å². The Morgan fingerprint density at radius 1 is 1.00 bits per heavy atom. The third kappa shape index (κ3) is 5.12. The lowest BCUT2D eigenvalue weighted by atomic mass is 10.2. The van der Waals surface area contributed by atoms with Gasteiger partial charge in [-0.1, -0.05) is 12.1 Å². The molecule has 0 spiro atoms. The molecule has 0 unspecified atom stereocenters. The molecule has 2 aromatic heterocycles. The van der Waals surface area contributed by atoms with E-state index in [0.717, 1.165) is 8.66 Å². The third-order valence-corrected chi connectivity index (χ3v) is 5.58. The van der Waals surface area contributed by atoms with Gasteiger partial charge in [0, 0.05) is 22.3 Å². The van der Waals surface area contributed by atoms with E-state index in [-0.39, 0.29) is 11.8 Å². The summed E-state index contributed by atoms with van der Waals surface area (Å²) >= 11 is 6.31. The number of hydrogen-bond donors (Lipinski definition) is 2. The number of thiophene rings is 2. The molecule has 2 heterocycles. The molecule has 0 radical (unpaired) electrons. The number of nitrogens with one attached hydrogen (secondary N) is 2. The summed E-state index contributed by atoms with van der Waals surface area (Å²) in [7, 11) is 0. The van der Waals surface area contributed by atoms with Crippen LogP contribution in [0.1, 0.15) is 14.5 Å². The maximum Gasteiger partial charge on any atom is 0.265 e. The zero-order valence-electron chi connectivity index (χ0n) is 12.9. The second kappa shape index (κ2) is 8.24. The van der Waals surface area contributed by atoms with Gasteiger partial charge in [-0.25, -0.2) is 0 Å². The minimum atomic E-state index is -0.230. The van der Waals surface area contributed by atoms with Gasteiger partial charge >= 0.3 is 0 Å². The minimum Gasteiger partial charge on any atom is -0.322 e. The molecule has 0 saturated carbocycles. The maximum absolute atomic E-state index is 12.1. The number of carbonyl (C=O) groups is 2. The number of hydrogen-bond acceptors (Lipinski definition) is 4. The standard InChI is InChI=1S/C18H13BrN2O2S2/c19-16-8-6-14(25-16)7-9-17(22)20-12-3-1-4-13(11-12)21-18(23)15-5-2-10-24-15/h1-11H,(H,20,22)(H,21,23)/b9-7+. The van der Waals surface area contributed by atoms with Gasteiger partial charge in [0.1, 0.15) is 0 Å². The molecular formula is C18H13BrN2O2S2. The number of anilines is 2. The van der Waals surface area contributed by atoms with E-state index in [0.29, 0.717) is 16.3 Å². The number of carbonyl (C=O) groups excluding carboxylic acids is 2. The molecule has 3 aromatic rings. The van der Waals surface area contributed by atoms with Crippen LogP contribution in [0.25, 0.3) is 6.08 Å². The van der Waals surface area contributed by atoms with Gasteiger partial charge in [0.15, 0.2) is 0 Å². The maximum atomic E-state index is 12.1. The number of benzene rings is 1. The fourth-order valence-electron chi connectivity index (χ4n) is 2.03. The van der Waals surface area contributed by atoms with Crippen molar-refractivity contribution in [1.82, 2.24) is 0 Å². The topological polar surface area (TPSA) is 58.2 Å². The van der Waals surface area contributed by atoms with Crippen LogP contribution in [0, 0.1) is 0 Å². The van der Waals surface area contributed by atoms with E-state index in [9.17, 15) is 9.59 Å². The molecule has 2 N–H and O–H groups in total. The SMILES string of the molecule is O=C(/C=C/c1ccc(Br)s1)Nc1cccc(NC(=O)c2cccs2)c1. The normalized spacial score (nSPS) is 10.8. The summed E-state index contributed by atoms with van der Waals surface area (Å²) in [4.78, 5) is 25.7. The van der Waals surface area contributed by atoms with Crippen LogP contribution in [-0.2, 0) is 4.79 Å². The summed E-state index contributed by atoms with van der Waals surface area (Å²) in [6.45, 7) is 0. The molecule has 0 bridgehead atoms. The van der Waals surface area contributed by atoms with Crippen molar-refractivity contribution in [3.05, 3.63) is 73.5 Å². The van der Waals surface area contributed by atoms with E-state index < -0.39 is 0 Å². The highest BCUT2D eigenvalue weighted by atomic mass is 79.9. The fourth-order valence-corrected chi connectivity index (χ4v) is 3.98. The Hall–Kier alpha value is -2.22. The van der Waals surface area contributed by atoms with Gasteiger partial charge in [-0.15, -0.1) is 22.7 Å². The largest absolute Gasteiger partial charge is 0.322 e. The highest BCUT2D eigenvalue weighted by Gasteiger charge is 2.07. The molecule has 0 aliphatic rings. The van der Waals surface area contributed by atoms with Crippen molar-refractivity contribution in [1.29, 1.82) is 0 Å². The molecule has 126 valence electrons. The molecule has 0 aliphatic heterocycles. The van der Waals surface area contributed by atoms with Gasteiger partial charge in [-0.2, -0.15) is 0 Å². The first-order valence-electron chi connectivity index (χ1n) is 7.29. The minimum absolute atomic E-state index is 0.165. The van der Waals surface area contributed by atoms with Crippen molar-refractivity contribution in [2.24, 2.45) is 0 Å². The Kier molecular flexibility index (Phi) is 5.80. The second-order valence-electron chi connectivity index (χ2n) is 4.98. The van der Waals surface area contributed by atoms with Crippen LogP contribution in [0.3, 0.4) is 0 Å². The molecular weight excluding hydrogens is 420 g/mol. The van der Waals surface area contributed by atoms with Crippen molar-refractivity contribution in [2.75, 3.05) is 10.6 Å². The number of rotatable bonds is 5. The van der Waals surface area contributed by atoms with Gasteiger partial charge in [0.05, 0.1) is 8.66 Å². The van der Waals surface area contributed by atoms with Gasteiger partial charge in [0.25, 0.3) is 5.91 Å². The van der Waals surface area contributed by atoms with Gasteiger partial charge in [-0.3, -0.25) is 9.59 Å². The molecule has 0 fully saturated rings. The molecule has 0 atom stereocenters. The molecule has 0 saturated heterocycles. The Bertz CT molecular complexity index is 917. The van der Waals surface area contributed by atoms with E-state index >= 15 is 0 Å². The highest BCUT2D eigenvalue weighted by molar-refractivity contribution is 9.11. The van der Waals surface area contributed by atoms with Crippen LogP contribution in [0.15, 0.2) is 63.8 Å². The monoisotopic (exact) mass is 432 g/mol. The lowest BCUT2D eigenvalue weighted by molar-refractivity contribution is -0.111. The van der Waals surface area contributed by atoms with Crippen molar-refractivity contribution in [2.45, 2.75) is 0 Å². The van der Waals surface area contributed by atoms with Crippen LogP contribution in [0.4, 0.5) is 11.4 Å². The average molecular weight is 433 g/mol. The molecule has 2 amide bonds. The average Bonchev–Trinajstić information content (AvgIpc) is 3.25. The summed E-state index contributed by atoms with van der Waals surface area (Å²) in [5.41, 5.74) is 1.24. The molecule has 4 nitrogen and oxygen atoms in total. The zero-order chi connectivity index (χ0) is 17.6. The Morgan fingerprint density at radius 3 is 2.48 bits per heavy atom. The third-order valence-electron chi connectivity index (χ3n) is 3.13. The lowest BCUT2D eigenvalue weighted by Gasteiger charge is -2.07. The summed E-state index contributed by atoms with van der Waals surface area (Å²) in [5, 5.41) is 7.45. The van der Waals surface area contributed by atoms with Crippen LogP contribution < -0.4 is 10.6 Å². The Labute approximate surface area is 161 Å². The molecule has 25 heavy (non-hydrogen) atoms.